The van der Waals surface area contributed by atoms with Gasteiger partial charge in [0.25, 0.3) is 0 Å². The third-order valence-electron chi connectivity index (χ3n) is 5.36. The number of aryl methyl sites for hydroxylation is 1. The summed E-state index contributed by atoms with van der Waals surface area (Å²) in [5, 5.41) is 3.16. The van der Waals surface area contributed by atoms with Gasteiger partial charge in [-0.3, -0.25) is 0 Å². The molecule has 0 saturated heterocycles. The molecule has 4 nitrogen and oxygen atoms in total. The Kier molecular flexibility index (Phi) is 8.10. The molecule has 1 aliphatic heterocycles. The van der Waals surface area contributed by atoms with Crippen LogP contribution in [0, 0.1) is 11.8 Å². The predicted molar refractivity (Wildman–Crippen MR) is 120 cm³/mol. The van der Waals surface area contributed by atoms with Crippen molar-refractivity contribution in [3.05, 3.63) is 42.4 Å². The van der Waals surface area contributed by atoms with Gasteiger partial charge in [0, 0.05) is 10.3 Å². The average Bonchev–Trinajstić information content (AvgIpc) is 3.41. The molecule has 2 heterocycles. The summed E-state index contributed by atoms with van der Waals surface area (Å²) in [4.78, 5) is 5.84. The van der Waals surface area contributed by atoms with Crippen molar-refractivity contribution in [1.82, 2.24) is 4.98 Å². The van der Waals surface area contributed by atoms with Gasteiger partial charge in [0.2, 0.25) is 0 Å². The van der Waals surface area contributed by atoms with Crippen molar-refractivity contribution in [2.24, 2.45) is 11.8 Å². The van der Waals surface area contributed by atoms with Gasteiger partial charge in [-0.25, -0.2) is 4.98 Å². The predicted octanol–water partition coefficient (Wildman–Crippen LogP) is 6.59. The van der Waals surface area contributed by atoms with E-state index in [-0.39, 0.29) is 0 Å². The lowest BCUT2D eigenvalue weighted by molar-refractivity contribution is 0.171. The maximum atomic E-state index is 5.64. The third-order valence-corrected chi connectivity index (χ3v) is 7.08. The first-order valence-corrected chi connectivity index (χ1v) is 11.8. The number of thiazole rings is 1. The van der Waals surface area contributed by atoms with Gasteiger partial charge >= 0.3 is 0 Å². The van der Waals surface area contributed by atoms with Gasteiger partial charge < -0.3 is 14.2 Å². The molecule has 28 heavy (non-hydrogen) atoms. The summed E-state index contributed by atoms with van der Waals surface area (Å²) in [5.74, 6) is 3.53. The summed E-state index contributed by atoms with van der Waals surface area (Å²) in [5.41, 5.74) is 1.22. The Bertz CT molecular complexity index is 750. The molecule has 1 aromatic carbocycles. The molecule has 0 bridgehead atoms. The molecule has 2 atom stereocenters. The molecule has 4 rings (SSSR count). The molecular weight excluding hydrogens is 388 g/mol. The van der Waals surface area contributed by atoms with Gasteiger partial charge in [-0.2, -0.15) is 0 Å². The minimum atomic E-state index is 0.615. The molecule has 0 spiro atoms. The van der Waals surface area contributed by atoms with Crippen LogP contribution >= 0.6 is 23.3 Å². The lowest BCUT2D eigenvalue weighted by Crippen LogP contribution is -2.15. The highest BCUT2D eigenvalue weighted by atomic mass is 32.2. The highest BCUT2D eigenvalue weighted by Gasteiger charge is 2.23. The quantitative estimate of drug-likeness (QED) is 0.405. The van der Waals surface area contributed by atoms with Crippen LogP contribution in [0.25, 0.3) is 0 Å². The van der Waals surface area contributed by atoms with Crippen LogP contribution in [0.3, 0.4) is 0 Å². The Morgan fingerprint density at radius 3 is 2.75 bits per heavy atom. The van der Waals surface area contributed by atoms with Crippen molar-refractivity contribution >= 4 is 28.4 Å². The molecule has 1 aromatic heterocycles. The Balaban J connectivity index is 0.00000109. The van der Waals surface area contributed by atoms with E-state index in [2.05, 4.69) is 30.2 Å². The molecule has 0 amide bonds. The SMILES string of the molecule is C=C.CCC1CCC(CCc2csc(NSc3ccc4c(c3)OCCO4)n2)C1. The maximum Gasteiger partial charge on any atom is 0.193 e. The minimum Gasteiger partial charge on any atom is -0.486 e. The molecule has 1 fully saturated rings. The van der Waals surface area contributed by atoms with Gasteiger partial charge in [0.15, 0.2) is 16.6 Å². The first-order valence-electron chi connectivity index (χ1n) is 10.1. The Hall–Kier alpha value is -1.66. The van der Waals surface area contributed by atoms with Crippen molar-refractivity contribution < 1.29 is 9.47 Å². The van der Waals surface area contributed by atoms with E-state index in [1.54, 1.807) is 23.3 Å². The smallest absolute Gasteiger partial charge is 0.193 e. The zero-order valence-corrected chi connectivity index (χ0v) is 18.2. The Morgan fingerprint density at radius 1 is 1.18 bits per heavy atom. The number of hydrogen-bond acceptors (Lipinski definition) is 6. The fraction of sp³-hybridized carbons (Fsp3) is 0.500. The van der Waals surface area contributed by atoms with E-state index in [1.165, 1.54) is 37.8 Å². The van der Waals surface area contributed by atoms with Crippen LogP contribution in [0.15, 0.2) is 41.6 Å². The average molecular weight is 419 g/mol. The highest BCUT2D eigenvalue weighted by molar-refractivity contribution is 8.00. The van der Waals surface area contributed by atoms with E-state index in [0.717, 1.165) is 39.8 Å². The Labute approximate surface area is 176 Å². The van der Waals surface area contributed by atoms with E-state index < -0.39 is 0 Å². The molecule has 152 valence electrons. The van der Waals surface area contributed by atoms with Crippen LogP contribution in [-0.4, -0.2) is 18.2 Å². The fourth-order valence-corrected chi connectivity index (χ4v) is 5.28. The molecule has 1 saturated carbocycles. The second-order valence-corrected chi connectivity index (χ2v) is 8.88. The third kappa shape index (κ3) is 5.67. The molecular formula is C22H30N2O2S2. The maximum absolute atomic E-state index is 5.64. The lowest BCUT2D eigenvalue weighted by atomic mass is 9.98. The standard InChI is InChI=1S/C20H26N2O2S2.C2H4/c1-2-14-3-4-15(11-14)5-6-16-13-25-20(21-16)22-26-17-7-8-18-19(12-17)24-10-9-23-18;1-2/h7-8,12-15H,2-6,9-11H2,1H3,(H,21,22);1-2H2. The number of hydrogen-bond donors (Lipinski definition) is 1. The number of nitrogens with zero attached hydrogens (tertiary/aromatic N) is 1. The van der Waals surface area contributed by atoms with Gasteiger partial charge in [0.1, 0.15) is 13.2 Å². The zero-order chi connectivity index (χ0) is 19.8. The van der Waals surface area contributed by atoms with Gasteiger partial charge in [0.05, 0.1) is 5.69 Å². The number of benzene rings is 1. The number of nitrogens with one attached hydrogen (secondary N) is 1. The van der Waals surface area contributed by atoms with Crippen molar-refractivity contribution in [1.29, 1.82) is 0 Å². The molecule has 6 heteroatoms. The molecule has 1 aliphatic carbocycles. The summed E-state index contributed by atoms with van der Waals surface area (Å²) < 4.78 is 14.6. The first kappa shape index (κ1) is 21.1. The van der Waals surface area contributed by atoms with E-state index in [1.807, 2.05) is 18.2 Å². The zero-order valence-electron chi connectivity index (χ0n) is 16.6. The number of fused-ring (bicyclic) bond motifs is 1. The summed E-state index contributed by atoms with van der Waals surface area (Å²) in [7, 11) is 0. The van der Waals surface area contributed by atoms with E-state index in [9.17, 15) is 0 Å². The second kappa shape index (κ2) is 10.8. The second-order valence-electron chi connectivity index (χ2n) is 7.15. The van der Waals surface area contributed by atoms with Crippen molar-refractivity contribution in [2.75, 3.05) is 17.9 Å². The molecule has 2 aliphatic rings. The number of ether oxygens (including phenoxy) is 2. The van der Waals surface area contributed by atoms with Gasteiger partial charge in [-0.15, -0.1) is 24.5 Å². The highest BCUT2D eigenvalue weighted by Crippen LogP contribution is 2.36. The van der Waals surface area contributed by atoms with E-state index in [4.69, 9.17) is 14.5 Å². The largest absolute Gasteiger partial charge is 0.486 e. The topological polar surface area (TPSA) is 43.4 Å². The van der Waals surface area contributed by atoms with Crippen LogP contribution < -0.4 is 14.2 Å². The Morgan fingerprint density at radius 2 is 1.96 bits per heavy atom. The summed E-state index contributed by atoms with van der Waals surface area (Å²) in [6.45, 7) is 9.56. The fourth-order valence-electron chi connectivity index (χ4n) is 3.82. The molecule has 0 radical (unpaired) electrons. The summed E-state index contributed by atoms with van der Waals surface area (Å²) >= 11 is 3.25. The molecule has 2 unspecified atom stereocenters. The first-order chi connectivity index (χ1) is 13.8. The van der Waals surface area contributed by atoms with Crippen LogP contribution in [0.1, 0.15) is 44.7 Å². The van der Waals surface area contributed by atoms with Crippen LogP contribution in [0.2, 0.25) is 0 Å². The van der Waals surface area contributed by atoms with E-state index in [0.29, 0.717) is 13.2 Å². The van der Waals surface area contributed by atoms with Crippen molar-refractivity contribution in [2.45, 2.75) is 50.3 Å². The molecule has 2 aromatic rings. The lowest BCUT2D eigenvalue weighted by Gasteiger charge is -2.18. The number of aromatic nitrogens is 1. The monoisotopic (exact) mass is 418 g/mol. The van der Waals surface area contributed by atoms with Crippen LogP contribution in [0.4, 0.5) is 5.13 Å². The van der Waals surface area contributed by atoms with Crippen molar-refractivity contribution in [3.8, 4) is 11.5 Å². The van der Waals surface area contributed by atoms with Crippen LogP contribution in [0.5, 0.6) is 11.5 Å². The minimum absolute atomic E-state index is 0.615. The number of anilines is 1. The van der Waals surface area contributed by atoms with Crippen LogP contribution in [-0.2, 0) is 6.42 Å². The van der Waals surface area contributed by atoms with Gasteiger partial charge in [-0.05, 0) is 61.2 Å². The molecule has 1 N–H and O–H groups in total. The normalized spacial score (nSPS) is 20.3. The summed E-state index contributed by atoms with van der Waals surface area (Å²) in [6, 6.07) is 6.03. The van der Waals surface area contributed by atoms with Crippen molar-refractivity contribution in [3.63, 3.8) is 0 Å². The number of rotatable bonds is 7. The summed E-state index contributed by atoms with van der Waals surface area (Å²) in [6.07, 6.45) is 8.00. The van der Waals surface area contributed by atoms with E-state index >= 15 is 0 Å². The van der Waals surface area contributed by atoms with Gasteiger partial charge in [-0.1, -0.05) is 26.2 Å².